The number of hydrogen-bond acceptors (Lipinski definition) is 5. The van der Waals surface area contributed by atoms with Gasteiger partial charge in [0.15, 0.2) is 0 Å². The molecule has 0 amide bonds. The average molecular weight is 309 g/mol. The second kappa shape index (κ2) is 6.56. The van der Waals surface area contributed by atoms with Crippen molar-refractivity contribution in [3.8, 4) is 0 Å². The van der Waals surface area contributed by atoms with Crippen LogP contribution in [-0.2, 0) is 0 Å². The van der Waals surface area contributed by atoms with E-state index >= 15 is 0 Å². The summed E-state index contributed by atoms with van der Waals surface area (Å²) in [6.07, 6.45) is 0.939. The molecule has 0 saturated carbocycles. The van der Waals surface area contributed by atoms with Crippen LogP contribution in [0, 0.1) is 10.1 Å². The van der Waals surface area contributed by atoms with E-state index in [4.69, 9.17) is 0 Å². The molecule has 1 aliphatic rings. The zero-order valence-electron chi connectivity index (χ0n) is 12.9. The van der Waals surface area contributed by atoms with E-state index in [1.807, 2.05) is 30.8 Å². The molecular formula is C15H23N3O2S. The van der Waals surface area contributed by atoms with Gasteiger partial charge in [-0.25, -0.2) is 0 Å². The molecule has 1 aromatic carbocycles. The first-order valence-electron chi connectivity index (χ1n) is 7.35. The van der Waals surface area contributed by atoms with E-state index in [9.17, 15) is 10.1 Å². The van der Waals surface area contributed by atoms with Gasteiger partial charge in [-0.2, -0.15) is 11.8 Å². The smallest absolute Gasteiger partial charge is 0.315 e. The fraction of sp³-hybridized carbons (Fsp3) is 0.600. The Kier molecular flexibility index (Phi) is 4.98. The molecule has 0 aliphatic carbocycles. The summed E-state index contributed by atoms with van der Waals surface area (Å²) in [6, 6.07) is 5.55. The quantitative estimate of drug-likeness (QED) is 0.663. The number of thioether (sulfide) groups is 1. The Morgan fingerprint density at radius 1 is 1.48 bits per heavy atom. The Hall–Kier alpha value is -1.43. The predicted molar refractivity (Wildman–Crippen MR) is 90.6 cm³/mol. The number of hydrogen-bond donors (Lipinski definition) is 1. The Morgan fingerprint density at radius 3 is 2.86 bits per heavy atom. The van der Waals surface area contributed by atoms with Crippen LogP contribution in [0.15, 0.2) is 18.2 Å². The summed E-state index contributed by atoms with van der Waals surface area (Å²) < 4.78 is 0.124. The summed E-state index contributed by atoms with van der Waals surface area (Å²) in [5.74, 6) is 0.997. The van der Waals surface area contributed by atoms with Crippen LogP contribution in [0.1, 0.15) is 27.2 Å². The predicted octanol–water partition coefficient (Wildman–Crippen LogP) is 3.75. The van der Waals surface area contributed by atoms with Gasteiger partial charge in [0.25, 0.3) is 0 Å². The van der Waals surface area contributed by atoms with E-state index in [0.717, 1.165) is 37.5 Å². The van der Waals surface area contributed by atoms with Crippen molar-refractivity contribution in [1.29, 1.82) is 0 Å². The molecule has 116 valence electrons. The zero-order chi connectivity index (χ0) is 15.5. The van der Waals surface area contributed by atoms with Crippen molar-refractivity contribution in [3.63, 3.8) is 0 Å². The highest BCUT2D eigenvalue weighted by molar-refractivity contribution is 8.00. The minimum absolute atomic E-state index is 0.124. The Balaban J connectivity index is 2.36. The highest BCUT2D eigenvalue weighted by atomic mass is 32.2. The fourth-order valence-electron chi connectivity index (χ4n) is 2.60. The number of nitro benzene ring substituents is 1. The van der Waals surface area contributed by atoms with Gasteiger partial charge in [-0.3, -0.25) is 10.1 Å². The second-order valence-electron chi connectivity index (χ2n) is 5.89. The van der Waals surface area contributed by atoms with Gasteiger partial charge in [-0.15, -0.1) is 0 Å². The standard InChI is InChI=1S/C15H23N3O2S/c1-4-8-16-12-6-5-7-13(14(12)18(19)20)17-9-10-21-15(2,3)11-17/h5-7,16H,4,8-11H2,1-3H3. The maximum Gasteiger partial charge on any atom is 0.315 e. The molecule has 0 radical (unpaired) electrons. The van der Waals surface area contributed by atoms with Crippen LogP contribution in [0.2, 0.25) is 0 Å². The van der Waals surface area contributed by atoms with Crippen LogP contribution in [0.5, 0.6) is 0 Å². The lowest BCUT2D eigenvalue weighted by molar-refractivity contribution is -0.383. The molecule has 1 aromatic rings. The fourth-order valence-corrected chi connectivity index (χ4v) is 3.71. The topological polar surface area (TPSA) is 58.4 Å². The maximum absolute atomic E-state index is 11.5. The monoisotopic (exact) mass is 309 g/mol. The van der Waals surface area contributed by atoms with Crippen LogP contribution in [0.4, 0.5) is 17.1 Å². The Morgan fingerprint density at radius 2 is 2.24 bits per heavy atom. The molecule has 0 aromatic heterocycles. The van der Waals surface area contributed by atoms with Gasteiger partial charge < -0.3 is 10.2 Å². The lowest BCUT2D eigenvalue weighted by Gasteiger charge is -2.38. The third kappa shape index (κ3) is 3.81. The minimum atomic E-state index is -0.262. The summed E-state index contributed by atoms with van der Waals surface area (Å²) in [4.78, 5) is 13.4. The summed E-state index contributed by atoms with van der Waals surface area (Å²) in [5.41, 5.74) is 1.55. The van der Waals surface area contributed by atoms with Crippen molar-refractivity contribution in [2.24, 2.45) is 0 Å². The first kappa shape index (κ1) is 15.9. The molecule has 21 heavy (non-hydrogen) atoms. The molecule has 0 atom stereocenters. The number of para-hydroxylation sites is 1. The largest absolute Gasteiger partial charge is 0.379 e. The van der Waals surface area contributed by atoms with Gasteiger partial charge in [-0.1, -0.05) is 13.0 Å². The van der Waals surface area contributed by atoms with Crippen molar-refractivity contribution in [2.75, 3.05) is 35.6 Å². The lowest BCUT2D eigenvalue weighted by Crippen LogP contribution is -2.43. The minimum Gasteiger partial charge on any atom is -0.379 e. The van der Waals surface area contributed by atoms with Crippen molar-refractivity contribution >= 4 is 28.8 Å². The van der Waals surface area contributed by atoms with Crippen LogP contribution in [0.3, 0.4) is 0 Å². The summed E-state index contributed by atoms with van der Waals surface area (Å²) >= 11 is 1.92. The molecule has 2 rings (SSSR count). The SMILES string of the molecule is CCCNc1cccc(N2CCSC(C)(C)C2)c1[N+](=O)[O-]. The lowest BCUT2D eigenvalue weighted by atomic mass is 10.1. The van der Waals surface area contributed by atoms with Crippen LogP contribution in [0.25, 0.3) is 0 Å². The van der Waals surface area contributed by atoms with Crippen LogP contribution in [-0.4, -0.2) is 35.1 Å². The molecular weight excluding hydrogens is 286 g/mol. The van der Waals surface area contributed by atoms with Crippen LogP contribution >= 0.6 is 11.8 Å². The number of nitrogens with zero attached hydrogens (tertiary/aromatic N) is 2. The first-order valence-corrected chi connectivity index (χ1v) is 8.33. The van der Waals surface area contributed by atoms with E-state index < -0.39 is 0 Å². The summed E-state index contributed by atoms with van der Waals surface area (Å²) in [7, 11) is 0. The zero-order valence-corrected chi connectivity index (χ0v) is 13.7. The van der Waals surface area contributed by atoms with Crippen molar-refractivity contribution < 1.29 is 4.92 Å². The Bertz CT molecular complexity index is 520. The number of benzene rings is 1. The third-order valence-electron chi connectivity index (χ3n) is 3.53. The van der Waals surface area contributed by atoms with E-state index in [0.29, 0.717) is 5.69 Å². The van der Waals surface area contributed by atoms with Gasteiger partial charge in [0, 0.05) is 30.1 Å². The second-order valence-corrected chi connectivity index (χ2v) is 7.69. The maximum atomic E-state index is 11.5. The molecule has 1 fully saturated rings. The van der Waals surface area contributed by atoms with Gasteiger partial charge >= 0.3 is 5.69 Å². The van der Waals surface area contributed by atoms with E-state index in [1.165, 1.54) is 0 Å². The van der Waals surface area contributed by atoms with Crippen molar-refractivity contribution in [3.05, 3.63) is 28.3 Å². The molecule has 0 spiro atoms. The van der Waals surface area contributed by atoms with E-state index in [2.05, 4.69) is 24.1 Å². The molecule has 0 unspecified atom stereocenters. The molecule has 1 N–H and O–H groups in total. The van der Waals surface area contributed by atoms with Gasteiger partial charge in [0.2, 0.25) is 0 Å². The molecule has 1 saturated heterocycles. The van der Waals surface area contributed by atoms with E-state index in [1.54, 1.807) is 6.07 Å². The van der Waals surface area contributed by atoms with E-state index in [-0.39, 0.29) is 15.4 Å². The van der Waals surface area contributed by atoms with Crippen molar-refractivity contribution in [1.82, 2.24) is 0 Å². The first-order chi connectivity index (χ1) is 9.94. The molecule has 1 heterocycles. The Labute approximate surface area is 130 Å². The van der Waals surface area contributed by atoms with Gasteiger partial charge in [0.1, 0.15) is 11.4 Å². The van der Waals surface area contributed by atoms with Gasteiger partial charge in [0.05, 0.1) is 4.92 Å². The highest BCUT2D eigenvalue weighted by Crippen LogP contribution is 2.39. The molecule has 1 aliphatic heterocycles. The molecule has 6 heteroatoms. The number of anilines is 2. The third-order valence-corrected chi connectivity index (χ3v) is 4.83. The average Bonchev–Trinajstić information content (AvgIpc) is 2.43. The molecule has 0 bridgehead atoms. The van der Waals surface area contributed by atoms with Crippen LogP contribution < -0.4 is 10.2 Å². The molecule has 5 nitrogen and oxygen atoms in total. The normalized spacial score (nSPS) is 17.6. The summed E-state index contributed by atoms with van der Waals surface area (Å²) in [6.45, 7) is 8.85. The number of rotatable bonds is 5. The number of nitro groups is 1. The van der Waals surface area contributed by atoms with Crippen molar-refractivity contribution in [2.45, 2.75) is 31.9 Å². The number of nitrogens with one attached hydrogen (secondary N) is 1. The summed E-state index contributed by atoms with van der Waals surface area (Å²) in [5, 5.41) is 14.7. The van der Waals surface area contributed by atoms with Gasteiger partial charge in [-0.05, 0) is 32.4 Å². The highest BCUT2D eigenvalue weighted by Gasteiger charge is 2.31.